The van der Waals surface area contributed by atoms with Crippen LogP contribution >= 0.6 is 0 Å². The molecule has 19 heavy (non-hydrogen) atoms. The number of carbonyl (C=O) groups excluding carboxylic acids is 2. The highest BCUT2D eigenvalue weighted by Crippen LogP contribution is 2.19. The van der Waals surface area contributed by atoms with Crippen molar-refractivity contribution in [1.29, 1.82) is 0 Å². The Kier molecular flexibility index (Phi) is 3.51. The maximum Gasteiger partial charge on any atom is 0.275 e. The van der Waals surface area contributed by atoms with Crippen LogP contribution in [-0.2, 0) is 0 Å². The van der Waals surface area contributed by atoms with E-state index in [1.807, 2.05) is 0 Å². The number of anilines is 1. The number of amides is 2. The van der Waals surface area contributed by atoms with Gasteiger partial charge in [-0.25, -0.2) is 4.98 Å². The van der Waals surface area contributed by atoms with E-state index in [0.717, 1.165) is 0 Å². The molecule has 0 saturated heterocycles. The molecule has 96 valence electrons. The van der Waals surface area contributed by atoms with Gasteiger partial charge in [0.15, 0.2) is 0 Å². The monoisotopic (exact) mass is 256 g/mol. The summed E-state index contributed by atoms with van der Waals surface area (Å²) < 4.78 is 0. The second kappa shape index (κ2) is 5.26. The second-order valence-electron chi connectivity index (χ2n) is 3.91. The van der Waals surface area contributed by atoms with E-state index < -0.39 is 11.8 Å². The normalized spacial score (nSPS) is 9.95. The lowest BCUT2D eigenvalue weighted by molar-refractivity contribution is 0.100. The zero-order chi connectivity index (χ0) is 13.8. The fourth-order valence-corrected chi connectivity index (χ4v) is 1.70. The Hall–Kier alpha value is -2.76. The molecule has 0 atom stereocenters. The average Bonchev–Trinajstić information content (AvgIpc) is 2.39. The van der Waals surface area contributed by atoms with Crippen LogP contribution in [0, 0.1) is 6.92 Å². The van der Waals surface area contributed by atoms with Crippen molar-refractivity contribution in [2.75, 3.05) is 5.32 Å². The van der Waals surface area contributed by atoms with Gasteiger partial charge in [-0.1, -0.05) is 12.1 Å². The number of aromatic nitrogens is 2. The maximum atomic E-state index is 11.9. The Bertz CT molecular complexity index is 626. The van der Waals surface area contributed by atoms with E-state index in [4.69, 9.17) is 5.73 Å². The fourth-order valence-electron chi connectivity index (χ4n) is 1.70. The van der Waals surface area contributed by atoms with Gasteiger partial charge in [-0.3, -0.25) is 14.6 Å². The molecular formula is C13H12N4O2. The summed E-state index contributed by atoms with van der Waals surface area (Å²) in [5, 5.41) is 2.61. The van der Waals surface area contributed by atoms with E-state index in [9.17, 15) is 9.59 Å². The summed E-state index contributed by atoms with van der Waals surface area (Å²) in [4.78, 5) is 31.0. The van der Waals surface area contributed by atoms with Gasteiger partial charge in [-0.05, 0) is 18.6 Å². The number of aryl methyl sites for hydroxylation is 1. The fraction of sp³-hybridized carbons (Fsp3) is 0.0769. The first-order valence-electron chi connectivity index (χ1n) is 5.56. The van der Waals surface area contributed by atoms with Crippen molar-refractivity contribution >= 4 is 17.5 Å². The summed E-state index contributed by atoms with van der Waals surface area (Å²) >= 11 is 0. The minimum atomic E-state index is -0.590. The predicted molar refractivity (Wildman–Crippen MR) is 69.7 cm³/mol. The lowest BCUT2D eigenvalue weighted by Crippen LogP contribution is -2.20. The summed E-state index contributed by atoms with van der Waals surface area (Å²) in [6.45, 7) is 1.75. The number of hydrogen-bond donors (Lipinski definition) is 2. The quantitative estimate of drug-likeness (QED) is 0.860. The third kappa shape index (κ3) is 2.74. The molecule has 0 saturated carbocycles. The van der Waals surface area contributed by atoms with Crippen molar-refractivity contribution in [1.82, 2.24) is 9.97 Å². The van der Waals surface area contributed by atoms with Gasteiger partial charge in [0.2, 0.25) is 0 Å². The van der Waals surface area contributed by atoms with Crippen LogP contribution < -0.4 is 11.1 Å². The van der Waals surface area contributed by atoms with Gasteiger partial charge in [0.25, 0.3) is 11.8 Å². The molecule has 6 nitrogen and oxygen atoms in total. The standard InChI is InChI=1S/C13H12N4O2/c1-8-3-2-4-9(11(8)12(14)18)17-13(19)10-7-15-5-6-16-10/h2-7H,1H3,(H2,14,18)(H,17,19). The van der Waals surface area contributed by atoms with Crippen LogP contribution in [0.2, 0.25) is 0 Å². The number of nitrogens with two attached hydrogens (primary N) is 1. The first-order chi connectivity index (χ1) is 9.09. The van der Waals surface area contributed by atoms with Crippen LogP contribution in [-0.4, -0.2) is 21.8 Å². The Morgan fingerprint density at radius 3 is 2.68 bits per heavy atom. The zero-order valence-electron chi connectivity index (χ0n) is 10.3. The summed E-state index contributed by atoms with van der Waals surface area (Å²) in [6.07, 6.45) is 4.23. The minimum absolute atomic E-state index is 0.166. The lowest BCUT2D eigenvalue weighted by Gasteiger charge is -2.10. The minimum Gasteiger partial charge on any atom is -0.366 e. The summed E-state index contributed by atoms with van der Waals surface area (Å²) in [5.41, 5.74) is 6.83. The Morgan fingerprint density at radius 1 is 1.26 bits per heavy atom. The van der Waals surface area contributed by atoms with Crippen LogP contribution in [0.25, 0.3) is 0 Å². The zero-order valence-corrected chi connectivity index (χ0v) is 10.3. The Balaban J connectivity index is 2.32. The number of carbonyl (C=O) groups is 2. The van der Waals surface area contributed by atoms with Crippen molar-refractivity contribution in [3.8, 4) is 0 Å². The summed E-state index contributed by atoms with van der Waals surface area (Å²) in [5.74, 6) is -1.03. The molecule has 0 radical (unpaired) electrons. The van der Waals surface area contributed by atoms with Gasteiger partial charge in [0.1, 0.15) is 5.69 Å². The number of benzene rings is 1. The van der Waals surface area contributed by atoms with Gasteiger partial charge in [0, 0.05) is 12.4 Å². The predicted octanol–water partition coefficient (Wildman–Crippen LogP) is 1.14. The number of rotatable bonds is 3. The molecule has 2 rings (SSSR count). The van der Waals surface area contributed by atoms with E-state index in [-0.39, 0.29) is 5.69 Å². The molecule has 0 fully saturated rings. The van der Waals surface area contributed by atoms with Gasteiger partial charge in [-0.15, -0.1) is 0 Å². The molecule has 1 aromatic heterocycles. The largest absolute Gasteiger partial charge is 0.366 e. The first-order valence-corrected chi connectivity index (χ1v) is 5.56. The van der Waals surface area contributed by atoms with E-state index in [1.165, 1.54) is 18.6 Å². The molecule has 2 aromatic rings. The highest BCUT2D eigenvalue weighted by Gasteiger charge is 2.14. The number of nitrogens with one attached hydrogen (secondary N) is 1. The van der Waals surface area contributed by atoms with Crippen LogP contribution in [0.5, 0.6) is 0 Å². The van der Waals surface area contributed by atoms with Crippen LogP contribution in [0.3, 0.4) is 0 Å². The van der Waals surface area contributed by atoms with Gasteiger partial charge >= 0.3 is 0 Å². The molecule has 0 unspecified atom stereocenters. The molecule has 0 aliphatic carbocycles. The van der Waals surface area contributed by atoms with Gasteiger partial charge < -0.3 is 11.1 Å². The molecule has 6 heteroatoms. The van der Waals surface area contributed by atoms with Crippen LogP contribution in [0.4, 0.5) is 5.69 Å². The highest BCUT2D eigenvalue weighted by molar-refractivity contribution is 6.08. The maximum absolute atomic E-state index is 11.9. The van der Waals surface area contributed by atoms with Crippen molar-refractivity contribution < 1.29 is 9.59 Å². The highest BCUT2D eigenvalue weighted by atomic mass is 16.2. The van der Waals surface area contributed by atoms with Crippen LogP contribution in [0.1, 0.15) is 26.4 Å². The van der Waals surface area contributed by atoms with Crippen molar-refractivity contribution in [3.63, 3.8) is 0 Å². The van der Waals surface area contributed by atoms with Crippen molar-refractivity contribution in [2.24, 2.45) is 5.73 Å². The number of primary amides is 1. The molecule has 0 spiro atoms. The lowest BCUT2D eigenvalue weighted by atomic mass is 10.1. The molecule has 3 N–H and O–H groups in total. The summed E-state index contributed by atoms with van der Waals surface area (Å²) in [6, 6.07) is 5.09. The van der Waals surface area contributed by atoms with Gasteiger partial charge in [0.05, 0.1) is 17.4 Å². The smallest absolute Gasteiger partial charge is 0.275 e. The molecule has 1 heterocycles. The van der Waals surface area contributed by atoms with Crippen LogP contribution in [0.15, 0.2) is 36.8 Å². The average molecular weight is 256 g/mol. The molecule has 2 amide bonds. The topological polar surface area (TPSA) is 98.0 Å². The SMILES string of the molecule is Cc1cccc(NC(=O)c2cnccn2)c1C(N)=O. The molecule has 0 aliphatic heterocycles. The van der Waals surface area contributed by atoms with E-state index in [1.54, 1.807) is 25.1 Å². The molecule has 1 aromatic carbocycles. The third-order valence-electron chi connectivity index (χ3n) is 2.56. The van der Waals surface area contributed by atoms with Crippen molar-refractivity contribution in [3.05, 3.63) is 53.6 Å². The van der Waals surface area contributed by atoms with E-state index in [2.05, 4.69) is 15.3 Å². The second-order valence-corrected chi connectivity index (χ2v) is 3.91. The molecule has 0 aliphatic rings. The Labute approximate surface area is 109 Å². The number of hydrogen-bond acceptors (Lipinski definition) is 4. The third-order valence-corrected chi connectivity index (χ3v) is 2.56. The van der Waals surface area contributed by atoms with E-state index >= 15 is 0 Å². The molecular weight excluding hydrogens is 244 g/mol. The van der Waals surface area contributed by atoms with Crippen molar-refractivity contribution in [2.45, 2.75) is 6.92 Å². The number of nitrogens with zero attached hydrogens (tertiary/aromatic N) is 2. The van der Waals surface area contributed by atoms with Gasteiger partial charge in [-0.2, -0.15) is 0 Å². The Morgan fingerprint density at radius 2 is 2.05 bits per heavy atom. The summed E-state index contributed by atoms with van der Waals surface area (Å²) in [7, 11) is 0. The van der Waals surface area contributed by atoms with E-state index in [0.29, 0.717) is 16.8 Å². The molecule has 0 bridgehead atoms. The first kappa shape index (κ1) is 12.7.